The van der Waals surface area contributed by atoms with Crippen molar-refractivity contribution < 1.29 is 19.1 Å². The van der Waals surface area contributed by atoms with Gasteiger partial charge in [-0.2, -0.15) is 0 Å². The maximum absolute atomic E-state index is 12.1. The molecule has 7 nitrogen and oxygen atoms in total. The molecule has 144 valence electrons. The number of carbonyl (C=O) groups excluding carboxylic acids is 3. The molecule has 0 spiro atoms. The number of hydrogen-bond acceptors (Lipinski definition) is 5. The molecule has 0 aliphatic heterocycles. The van der Waals surface area contributed by atoms with Crippen molar-refractivity contribution in [2.45, 2.75) is 25.4 Å². The Morgan fingerprint density at radius 2 is 1.89 bits per heavy atom. The molecule has 3 amide bonds. The van der Waals surface area contributed by atoms with Crippen molar-refractivity contribution >= 4 is 40.8 Å². The van der Waals surface area contributed by atoms with Crippen molar-refractivity contribution in [3.05, 3.63) is 57.2 Å². The monoisotopic (exact) mass is 409 g/mol. The lowest BCUT2D eigenvalue weighted by molar-refractivity contribution is -0.149. The van der Waals surface area contributed by atoms with Gasteiger partial charge in [0.05, 0.1) is 18.5 Å². The van der Waals surface area contributed by atoms with E-state index in [4.69, 9.17) is 22.1 Å². The minimum atomic E-state index is -0.773. The predicted octanol–water partition coefficient (Wildman–Crippen LogP) is 2.92. The number of nitrogens with one attached hydrogen (secondary N) is 2. The number of halogens is 1. The molecule has 0 radical (unpaired) electrons. The van der Waals surface area contributed by atoms with E-state index < -0.39 is 30.6 Å². The minimum absolute atomic E-state index is 0.168. The molecule has 2 rings (SSSR count). The Kier molecular flexibility index (Phi) is 7.63. The van der Waals surface area contributed by atoms with Crippen molar-refractivity contribution in [2.24, 2.45) is 5.73 Å². The van der Waals surface area contributed by atoms with Crippen molar-refractivity contribution in [1.29, 1.82) is 0 Å². The summed E-state index contributed by atoms with van der Waals surface area (Å²) in [7, 11) is 0. The number of benzene rings is 1. The van der Waals surface area contributed by atoms with Gasteiger partial charge >= 0.3 is 12.0 Å². The van der Waals surface area contributed by atoms with Crippen LogP contribution in [0.2, 0.25) is 5.02 Å². The topological polar surface area (TPSA) is 111 Å². The summed E-state index contributed by atoms with van der Waals surface area (Å²) in [6, 6.07) is 8.80. The van der Waals surface area contributed by atoms with E-state index in [0.29, 0.717) is 10.6 Å². The van der Waals surface area contributed by atoms with Gasteiger partial charge in [0, 0.05) is 9.90 Å². The van der Waals surface area contributed by atoms with Crippen LogP contribution >= 0.6 is 22.9 Å². The zero-order valence-corrected chi connectivity index (χ0v) is 16.2. The van der Waals surface area contributed by atoms with E-state index in [2.05, 4.69) is 10.6 Å². The molecule has 0 bridgehead atoms. The molecule has 0 fully saturated rings. The van der Waals surface area contributed by atoms with Crippen molar-refractivity contribution in [1.82, 2.24) is 10.6 Å². The fourth-order valence-corrected chi connectivity index (χ4v) is 3.24. The van der Waals surface area contributed by atoms with Crippen LogP contribution in [0, 0.1) is 0 Å². The molecule has 0 unspecified atom stereocenters. The fourth-order valence-electron chi connectivity index (χ4n) is 2.38. The van der Waals surface area contributed by atoms with E-state index in [9.17, 15) is 14.4 Å². The van der Waals surface area contributed by atoms with Gasteiger partial charge in [0.15, 0.2) is 6.61 Å². The van der Waals surface area contributed by atoms with Gasteiger partial charge in [0.2, 0.25) is 0 Å². The molecule has 9 heteroatoms. The molecule has 0 aliphatic carbocycles. The Balaban J connectivity index is 1.86. The number of hydrogen-bond donors (Lipinski definition) is 3. The number of urea groups is 1. The Morgan fingerprint density at radius 3 is 2.48 bits per heavy atom. The van der Waals surface area contributed by atoms with Crippen molar-refractivity contribution in [3.8, 4) is 0 Å². The van der Waals surface area contributed by atoms with E-state index in [1.807, 2.05) is 24.4 Å². The summed E-state index contributed by atoms with van der Waals surface area (Å²) in [5.74, 6) is -1.04. The van der Waals surface area contributed by atoms with Gasteiger partial charge in [-0.1, -0.05) is 29.8 Å². The van der Waals surface area contributed by atoms with Crippen molar-refractivity contribution in [2.75, 3.05) is 6.61 Å². The van der Waals surface area contributed by atoms with Gasteiger partial charge in [-0.25, -0.2) is 4.79 Å². The van der Waals surface area contributed by atoms with Gasteiger partial charge in [-0.3, -0.25) is 9.59 Å². The highest BCUT2D eigenvalue weighted by Crippen LogP contribution is 2.20. The summed E-state index contributed by atoms with van der Waals surface area (Å²) < 4.78 is 5.01. The third-order valence-corrected chi connectivity index (χ3v) is 4.98. The Labute approximate surface area is 165 Å². The number of thiophene rings is 1. The number of ether oxygens (including phenoxy) is 1. The van der Waals surface area contributed by atoms with E-state index in [1.54, 1.807) is 24.3 Å². The molecule has 0 saturated heterocycles. The first kappa shape index (κ1) is 20.7. The summed E-state index contributed by atoms with van der Waals surface area (Å²) >= 11 is 7.37. The summed E-state index contributed by atoms with van der Waals surface area (Å²) in [5, 5.41) is 7.67. The minimum Gasteiger partial charge on any atom is -0.456 e. The number of carbonyl (C=O) groups is 3. The smallest absolute Gasteiger partial charge is 0.312 e. The average molecular weight is 410 g/mol. The third-order valence-electron chi connectivity index (χ3n) is 3.67. The summed E-state index contributed by atoms with van der Waals surface area (Å²) in [4.78, 5) is 36.2. The molecule has 4 N–H and O–H groups in total. The van der Waals surface area contributed by atoms with Gasteiger partial charge in [0.1, 0.15) is 0 Å². The molecular weight excluding hydrogens is 390 g/mol. The Bertz CT molecular complexity index is 780. The van der Waals surface area contributed by atoms with Gasteiger partial charge < -0.3 is 21.1 Å². The second-order valence-electron chi connectivity index (χ2n) is 5.78. The lowest BCUT2D eigenvalue weighted by Crippen LogP contribution is -2.35. The first-order chi connectivity index (χ1) is 12.8. The lowest BCUT2D eigenvalue weighted by atomic mass is 10.0. The number of esters is 1. The quantitative estimate of drug-likeness (QED) is 0.582. The van der Waals surface area contributed by atoms with Crippen LogP contribution in [0.1, 0.15) is 35.9 Å². The first-order valence-corrected chi connectivity index (χ1v) is 9.40. The number of rotatable bonds is 8. The highest BCUT2D eigenvalue weighted by molar-refractivity contribution is 7.10. The van der Waals surface area contributed by atoms with Crippen LogP contribution in [0.3, 0.4) is 0 Å². The predicted molar refractivity (Wildman–Crippen MR) is 103 cm³/mol. The Morgan fingerprint density at radius 1 is 1.19 bits per heavy atom. The maximum Gasteiger partial charge on any atom is 0.312 e. The van der Waals surface area contributed by atoms with Gasteiger partial charge in [-0.05, 0) is 36.1 Å². The van der Waals surface area contributed by atoms with Crippen LogP contribution in [0.15, 0.2) is 41.8 Å². The second-order valence-corrected chi connectivity index (χ2v) is 7.20. The average Bonchev–Trinajstić information content (AvgIpc) is 3.14. The molecule has 1 aromatic carbocycles. The Hall–Kier alpha value is -2.58. The molecule has 1 aromatic heterocycles. The van der Waals surface area contributed by atoms with Crippen LogP contribution in [0.4, 0.5) is 4.79 Å². The molecule has 27 heavy (non-hydrogen) atoms. The van der Waals surface area contributed by atoms with Crippen LogP contribution in [0.25, 0.3) is 0 Å². The fraction of sp³-hybridized carbons (Fsp3) is 0.278. The van der Waals surface area contributed by atoms with E-state index >= 15 is 0 Å². The summed E-state index contributed by atoms with van der Waals surface area (Å²) in [5.41, 5.74) is 5.81. The van der Waals surface area contributed by atoms with Crippen LogP contribution < -0.4 is 16.4 Å². The van der Waals surface area contributed by atoms with Crippen LogP contribution in [-0.2, 0) is 14.3 Å². The zero-order chi connectivity index (χ0) is 19.8. The number of amides is 3. The molecule has 0 aliphatic rings. The number of nitrogens with two attached hydrogens (primary N) is 1. The standard InChI is InChI=1S/C18H20ClN3O4S/c1-11(15-3-2-8-27-15)21-16(23)10-26-17(24)9-14(22-18(20)25)12-4-6-13(19)7-5-12/h2-8,11,14H,9-10H2,1H3,(H,21,23)(H3,20,22,25)/t11-,14+/m0/s1. The van der Waals surface area contributed by atoms with Crippen LogP contribution in [0.5, 0.6) is 0 Å². The van der Waals surface area contributed by atoms with Gasteiger partial charge in [-0.15, -0.1) is 11.3 Å². The van der Waals surface area contributed by atoms with Crippen molar-refractivity contribution in [3.63, 3.8) is 0 Å². The second kappa shape index (κ2) is 9.94. The van der Waals surface area contributed by atoms with Gasteiger partial charge in [0.25, 0.3) is 5.91 Å². The molecule has 2 atom stereocenters. The molecule has 2 aromatic rings. The number of primary amides is 1. The van der Waals surface area contributed by atoms with E-state index in [-0.39, 0.29) is 12.5 Å². The summed E-state index contributed by atoms with van der Waals surface area (Å²) in [6.45, 7) is 1.44. The third kappa shape index (κ3) is 6.92. The van der Waals surface area contributed by atoms with Crippen LogP contribution in [-0.4, -0.2) is 24.5 Å². The van der Waals surface area contributed by atoms with E-state index in [1.165, 1.54) is 11.3 Å². The molecule has 1 heterocycles. The molecule has 0 saturated carbocycles. The highest BCUT2D eigenvalue weighted by Gasteiger charge is 2.20. The van der Waals surface area contributed by atoms with E-state index in [0.717, 1.165) is 4.88 Å². The normalized spacial score (nSPS) is 12.7. The zero-order valence-electron chi connectivity index (χ0n) is 14.6. The first-order valence-electron chi connectivity index (χ1n) is 8.15. The largest absolute Gasteiger partial charge is 0.456 e. The molecular formula is C18H20ClN3O4S. The SMILES string of the molecule is C[C@H](NC(=O)COC(=O)C[C@@H](NC(N)=O)c1ccc(Cl)cc1)c1cccs1. The summed E-state index contributed by atoms with van der Waals surface area (Å²) in [6.07, 6.45) is -0.168. The highest BCUT2D eigenvalue weighted by atomic mass is 35.5. The lowest BCUT2D eigenvalue weighted by Gasteiger charge is -2.18. The maximum atomic E-state index is 12.1.